The van der Waals surface area contributed by atoms with Gasteiger partial charge in [0.15, 0.2) is 0 Å². The Morgan fingerprint density at radius 1 is 0.792 bits per heavy atom. The number of hydrogen-bond acceptors (Lipinski definition) is 2. The molecule has 0 aliphatic carbocycles. The standard InChI is InChI=1S/C19H15NO.2ClH.Zr/c21-19-16(14-20-17-11-5-2-6-12-17)10-7-13-18(19)15-8-3-1-4-9-15;;;/h1-14,21H;2*1H;/q;;;+2/p-2. The minimum atomic E-state index is -0.826. The van der Waals surface area contributed by atoms with Crippen molar-refractivity contribution in [3.05, 3.63) is 84.4 Å². The fourth-order valence-corrected chi connectivity index (χ4v) is 2.17. The Bertz CT molecular complexity index is 780. The molecule has 0 radical (unpaired) electrons. The van der Waals surface area contributed by atoms with Gasteiger partial charge in [0, 0.05) is 17.3 Å². The van der Waals surface area contributed by atoms with Crippen molar-refractivity contribution in [3.63, 3.8) is 0 Å². The van der Waals surface area contributed by atoms with Crippen molar-refractivity contribution in [2.75, 3.05) is 0 Å². The molecule has 1 N–H and O–H groups in total. The summed E-state index contributed by atoms with van der Waals surface area (Å²) in [6, 6.07) is 25.2. The zero-order valence-electron chi connectivity index (χ0n) is 12.7. The molecule has 0 aromatic heterocycles. The molecule has 0 atom stereocenters. The van der Waals surface area contributed by atoms with Crippen LogP contribution in [0.1, 0.15) is 5.56 Å². The van der Waals surface area contributed by atoms with Gasteiger partial charge in [-0.3, -0.25) is 4.99 Å². The first kappa shape index (κ1) is 18.9. The number of nitrogens with zero attached hydrogens (tertiary/aromatic N) is 1. The molecular weight excluding hydrogens is 420 g/mol. The van der Waals surface area contributed by atoms with Gasteiger partial charge in [0.25, 0.3) is 0 Å². The molecule has 0 saturated heterocycles. The van der Waals surface area contributed by atoms with Gasteiger partial charge in [-0.05, 0) is 23.8 Å². The second kappa shape index (κ2) is 10.5. The average Bonchev–Trinajstić information content (AvgIpc) is 2.63. The number of halogens is 2. The number of benzene rings is 3. The number of rotatable bonds is 3. The van der Waals surface area contributed by atoms with Gasteiger partial charge in [0.2, 0.25) is 0 Å². The molecule has 5 heteroatoms. The van der Waals surface area contributed by atoms with E-state index >= 15 is 0 Å². The second-order valence-electron chi connectivity index (χ2n) is 4.77. The van der Waals surface area contributed by atoms with Crippen LogP contribution in [0.3, 0.4) is 0 Å². The minimum absolute atomic E-state index is 0.253. The summed E-state index contributed by atoms with van der Waals surface area (Å²) in [5.74, 6) is 0.253. The maximum atomic E-state index is 10.4. The number of hydrogen-bond donors (Lipinski definition) is 1. The van der Waals surface area contributed by atoms with E-state index < -0.39 is 20.8 Å². The molecule has 120 valence electrons. The Hall–Kier alpha value is -1.41. The summed E-state index contributed by atoms with van der Waals surface area (Å²) in [5, 5.41) is 10.4. The molecule has 24 heavy (non-hydrogen) atoms. The predicted octanol–water partition coefficient (Wildman–Crippen LogP) is 6.19. The van der Waals surface area contributed by atoms with E-state index in [0.717, 1.165) is 16.8 Å². The molecule has 0 aliphatic rings. The Labute approximate surface area is 160 Å². The molecule has 0 amide bonds. The Morgan fingerprint density at radius 3 is 2.00 bits per heavy atom. The summed E-state index contributed by atoms with van der Waals surface area (Å²) in [4.78, 5) is 4.39. The van der Waals surface area contributed by atoms with Crippen LogP contribution in [0.15, 0.2) is 83.9 Å². The number of aliphatic imine (C=N–C) groups is 1. The molecule has 3 aromatic rings. The van der Waals surface area contributed by atoms with Crippen molar-refractivity contribution in [1.29, 1.82) is 0 Å². The van der Waals surface area contributed by atoms with Gasteiger partial charge in [-0.2, -0.15) is 0 Å². The van der Waals surface area contributed by atoms with E-state index in [1.165, 1.54) is 0 Å². The molecule has 0 saturated carbocycles. The summed E-state index contributed by atoms with van der Waals surface area (Å²) in [6.07, 6.45) is 1.69. The van der Waals surface area contributed by atoms with E-state index in [-0.39, 0.29) is 5.75 Å². The van der Waals surface area contributed by atoms with E-state index in [0.29, 0.717) is 5.56 Å². The molecule has 3 aromatic carbocycles. The summed E-state index contributed by atoms with van der Waals surface area (Å²) in [6.45, 7) is 0. The third-order valence-electron chi connectivity index (χ3n) is 3.26. The van der Waals surface area contributed by atoms with Crippen LogP contribution in [-0.2, 0) is 20.8 Å². The Morgan fingerprint density at radius 2 is 1.38 bits per heavy atom. The van der Waals surface area contributed by atoms with Crippen LogP contribution in [0.4, 0.5) is 5.69 Å². The van der Waals surface area contributed by atoms with Crippen molar-refractivity contribution < 1.29 is 26.0 Å². The van der Waals surface area contributed by atoms with Crippen molar-refractivity contribution in [3.8, 4) is 16.9 Å². The van der Waals surface area contributed by atoms with Gasteiger partial charge < -0.3 is 5.11 Å². The first-order valence-electron chi connectivity index (χ1n) is 7.19. The fraction of sp³-hybridized carbons (Fsp3) is 0. The second-order valence-corrected chi connectivity index (χ2v) is 8.51. The van der Waals surface area contributed by atoms with E-state index in [1.54, 1.807) is 6.21 Å². The van der Waals surface area contributed by atoms with Crippen LogP contribution >= 0.6 is 17.0 Å². The zero-order chi connectivity index (χ0) is 17.2. The normalized spacial score (nSPS) is 10.1. The molecule has 0 unspecified atom stereocenters. The summed E-state index contributed by atoms with van der Waals surface area (Å²) in [7, 11) is 9.87. The van der Waals surface area contributed by atoms with Gasteiger partial charge >= 0.3 is 37.9 Å². The summed E-state index contributed by atoms with van der Waals surface area (Å²) >= 11 is -0.826. The number of aromatic hydroxyl groups is 1. The predicted molar refractivity (Wildman–Crippen MR) is 98.9 cm³/mol. The first-order chi connectivity index (χ1) is 11.8. The molecule has 0 heterocycles. The SMILES string of the molecule is Oc1c(C=Nc2ccccc2)cccc1-c1ccccc1.[Cl][Zr][Cl]. The first-order valence-corrected chi connectivity index (χ1v) is 13.5. The Kier molecular flexibility index (Phi) is 8.25. The topological polar surface area (TPSA) is 32.6 Å². The van der Waals surface area contributed by atoms with E-state index in [9.17, 15) is 5.11 Å². The molecule has 0 bridgehead atoms. The molecule has 3 rings (SSSR count). The quantitative estimate of drug-likeness (QED) is 0.489. The molecule has 0 aliphatic heterocycles. The van der Waals surface area contributed by atoms with E-state index in [4.69, 9.17) is 17.0 Å². The van der Waals surface area contributed by atoms with E-state index in [1.807, 2.05) is 78.9 Å². The van der Waals surface area contributed by atoms with Gasteiger partial charge in [0.1, 0.15) is 5.75 Å². The fourth-order valence-electron chi connectivity index (χ4n) is 2.17. The number of phenols is 1. The van der Waals surface area contributed by atoms with Crippen LogP contribution in [-0.4, -0.2) is 11.3 Å². The monoisotopic (exact) mass is 433 g/mol. The van der Waals surface area contributed by atoms with Crippen LogP contribution < -0.4 is 0 Å². The third-order valence-corrected chi connectivity index (χ3v) is 3.26. The molecular formula is C19H15Cl2NOZr. The van der Waals surface area contributed by atoms with Gasteiger partial charge in [-0.15, -0.1) is 0 Å². The van der Waals surface area contributed by atoms with Crippen molar-refractivity contribution >= 4 is 28.9 Å². The number of para-hydroxylation sites is 2. The van der Waals surface area contributed by atoms with E-state index in [2.05, 4.69) is 4.99 Å². The van der Waals surface area contributed by atoms with Crippen LogP contribution in [0.2, 0.25) is 0 Å². The molecule has 2 nitrogen and oxygen atoms in total. The third kappa shape index (κ3) is 5.59. The maximum absolute atomic E-state index is 10.4. The number of phenolic OH excluding ortho intramolecular Hbond substituents is 1. The zero-order valence-corrected chi connectivity index (χ0v) is 16.7. The average molecular weight is 435 g/mol. The van der Waals surface area contributed by atoms with Crippen LogP contribution in [0, 0.1) is 0 Å². The van der Waals surface area contributed by atoms with Gasteiger partial charge in [0.05, 0.1) is 5.69 Å². The van der Waals surface area contributed by atoms with Gasteiger partial charge in [-0.1, -0.05) is 60.7 Å². The Balaban J connectivity index is 0.000000647. The van der Waals surface area contributed by atoms with Crippen molar-refractivity contribution in [2.24, 2.45) is 4.99 Å². The summed E-state index contributed by atoms with van der Waals surface area (Å²) in [5.41, 5.74) is 3.37. The molecule has 0 fully saturated rings. The van der Waals surface area contributed by atoms with Gasteiger partial charge in [-0.25, -0.2) is 0 Å². The van der Waals surface area contributed by atoms with Crippen LogP contribution in [0.25, 0.3) is 11.1 Å². The van der Waals surface area contributed by atoms with Crippen molar-refractivity contribution in [2.45, 2.75) is 0 Å². The molecule has 0 spiro atoms. The summed E-state index contributed by atoms with van der Waals surface area (Å²) < 4.78 is 0. The van der Waals surface area contributed by atoms with Crippen molar-refractivity contribution in [1.82, 2.24) is 0 Å². The van der Waals surface area contributed by atoms with Crippen LogP contribution in [0.5, 0.6) is 5.75 Å².